The van der Waals surface area contributed by atoms with Gasteiger partial charge in [-0.3, -0.25) is 9.36 Å². The Bertz CT molecular complexity index is 1390. The molecule has 1 fully saturated rings. The third-order valence-corrected chi connectivity index (χ3v) is 7.34. The Hall–Kier alpha value is -2.62. The molecule has 0 aliphatic carbocycles. The third kappa shape index (κ3) is 4.64. The van der Waals surface area contributed by atoms with E-state index in [0.717, 1.165) is 40.9 Å². The van der Waals surface area contributed by atoms with Crippen LogP contribution in [-0.2, 0) is 17.0 Å². The monoisotopic (exact) mass is 541 g/mol. The van der Waals surface area contributed by atoms with Gasteiger partial charge in [0.2, 0.25) is 5.89 Å². The lowest BCUT2D eigenvalue weighted by molar-refractivity contribution is 0.0937. The van der Waals surface area contributed by atoms with Crippen molar-refractivity contribution in [1.82, 2.24) is 14.5 Å². The van der Waals surface area contributed by atoms with Crippen LogP contribution in [0.5, 0.6) is 5.75 Å². The van der Waals surface area contributed by atoms with Crippen molar-refractivity contribution >= 4 is 38.6 Å². The van der Waals surface area contributed by atoms with Crippen molar-refractivity contribution in [3.05, 3.63) is 68.7 Å². The van der Waals surface area contributed by atoms with Crippen LogP contribution in [0.2, 0.25) is 0 Å². The van der Waals surface area contributed by atoms with E-state index in [-0.39, 0.29) is 11.7 Å². The van der Waals surface area contributed by atoms with Crippen LogP contribution < -0.4 is 10.3 Å². The van der Waals surface area contributed by atoms with Gasteiger partial charge in [0.25, 0.3) is 5.56 Å². The van der Waals surface area contributed by atoms with E-state index in [4.69, 9.17) is 23.9 Å². The topological polar surface area (TPSA) is 79.4 Å². The fourth-order valence-corrected chi connectivity index (χ4v) is 5.44. The van der Waals surface area contributed by atoms with E-state index in [1.54, 1.807) is 11.7 Å². The Labute approximate surface area is 209 Å². The van der Waals surface area contributed by atoms with Crippen LogP contribution in [0.1, 0.15) is 24.3 Å². The highest BCUT2D eigenvalue weighted by Crippen LogP contribution is 2.34. The molecule has 5 rings (SSSR count). The Kier molecular flexibility index (Phi) is 6.76. The number of ether oxygens (including phenoxy) is 2. The quantitative estimate of drug-likeness (QED) is 0.222. The van der Waals surface area contributed by atoms with Crippen LogP contribution in [0.25, 0.3) is 22.4 Å². The minimum atomic E-state index is -0.0416. The van der Waals surface area contributed by atoms with E-state index >= 15 is 0 Å². The summed E-state index contributed by atoms with van der Waals surface area (Å²) in [6.07, 6.45) is 2.00. The molecule has 1 unspecified atom stereocenters. The van der Waals surface area contributed by atoms with Crippen LogP contribution in [0, 0.1) is 6.92 Å². The lowest BCUT2D eigenvalue weighted by atomic mass is 10.2. The molecule has 1 aliphatic rings. The number of oxazole rings is 1. The van der Waals surface area contributed by atoms with Crippen molar-refractivity contribution in [2.75, 3.05) is 13.7 Å². The maximum Gasteiger partial charge on any atom is 0.262 e. The van der Waals surface area contributed by atoms with Crippen LogP contribution in [0.4, 0.5) is 0 Å². The van der Waals surface area contributed by atoms with Crippen LogP contribution in [0.3, 0.4) is 0 Å². The first-order chi connectivity index (χ1) is 16.5. The highest BCUT2D eigenvalue weighted by Gasteiger charge is 2.21. The Balaban J connectivity index is 1.46. The molecule has 2 aromatic heterocycles. The molecule has 1 atom stereocenters. The summed E-state index contributed by atoms with van der Waals surface area (Å²) >= 11 is 4.98. The minimum Gasteiger partial charge on any atom is -0.496 e. The lowest BCUT2D eigenvalue weighted by Crippen LogP contribution is -2.28. The number of methoxy groups -OCH3 is 1. The molecule has 0 saturated carbocycles. The number of para-hydroxylation sites is 1. The Morgan fingerprint density at radius 1 is 1.24 bits per heavy atom. The van der Waals surface area contributed by atoms with Crippen molar-refractivity contribution in [2.24, 2.45) is 0 Å². The first kappa shape index (κ1) is 23.1. The van der Waals surface area contributed by atoms with Gasteiger partial charge in [-0.15, -0.1) is 0 Å². The molecule has 0 amide bonds. The first-order valence-corrected chi connectivity index (χ1v) is 12.9. The highest BCUT2D eigenvalue weighted by molar-refractivity contribution is 9.10. The summed E-state index contributed by atoms with van der Waals surface area (Å²) < 4.78 is 19.9. The predicted octanol–water partition coefficient (Wildman–Crippen LogP) is 5.60. The average Bonchev–Trinajstić information content (AvgIpc) is 3.49. The number of hydrogen-bond donors (Lipinski definition) is 0. The minimum absolute atomic E-state index is 0.0318. The maximum atomic E-state index is 13.3. The number of aryl methyl sites for hydroxylation is 1. The molecule has 0 bridgehead atoms. The Morgan fingerprint density at radius 2 is 2.09 bits per heavy atom. The molecule has 176 valence electrons. The molecular weight excluding hydrogens is 518 g/mol. The van der Waals surface area contributed by atoms with E-state index in [1.165, 1.54) is 11.8 Å². The van der Waals surface area contributed by atoms with Gasteiger partial charge in [-0.1, -0.05) is 39.8 Å². The first-order valence-electron chi connectivity index (χ1n) is 11.1. The van der Waals surface area contributed by atoms with E-state index in [9.17, 15) is 4.79 Å². The molecule has 2 aromatic carbocycles. The zero-order chi connectivity index (χ0) is 23.7. The summed E-state index contributed by atoms with van der Waals surface area (Å²) in [6.45, 7) is 3.13. The second-order valence-corrected chi connectivity index (χ2v) is 9.98. The summed E-state index contributed by atoms with van der Waals surface area (Å²) in [4.78, 5) is 22.9. The number of rotatable bonds is 7. The van der Waals surface area contributed by atoms with Crippen molar-refractivity contribution in [3.8, 4) is 17.2 Å². The van der Waals surface area contributed by atoms with E-state index in [2.05, 4.69) is 15.9 Å². The third-order valence-electron chi connectivity index (χ3n) is 5.86. The molecule has 1 saturated heterocycles. The zero-order valence-electron chi connectivity index (χ0n) is 18.9. The predicted molar refractivity (Wildman–Crippen MR) is 135 cm³/mol. The number of halogens is 1. The van der Waals surface area contributed by atoms with Gasteiger partial charge in [0.05, 0.1) is 41.9 Å². The number of aromatic nitrogens is 3. The second kappa shape index (κ2) is 9.93. The van der Waals surface area contributed by atoms with Gasteiger partial charge in [0.1, 0.15) is 11.5 Å². The normalized spacial score (nSPS) is 15.8. The summed E-state index contributed by atoms with van der Waals surface area (Å²) in [7, 11) is 1.62. The van der Waals surface area contributed by atoms with Gasteiger partial charge in [-0.05, 0) is 50.1 Å². The number of fused-ring (bicyclic) bond motifs is 1. The van der Waals surface area contributed by atoms with Crippen molar-refractivity contribution in [3.63, 3.8) is 0 Å². The van der Waals surface area contributed by atoms with Crippen LogP contribution >= 0.6 is 27.7 Å². The van der Waals surface area contributed by atoms with Gasteiger partial charge in [0.15, 0.2) is 5.16 Å². The van der Waals surface area contributed by atoms with Crippen molar-refractivity contribution in [2.45, 2.75) is 43.3 Å². The molecule has 0 radical (unpaired) electrons. The average molecular weight is 542 g/mol. The molecule has 9 heteroatoms. The van der Waals surface area contributed by atoms with E-state index < -0.39 is 0 Å². The summed E-state index contributed by atoms with van der Waals surface area (Å²) in [6, 6.07) is 13.2. The molecule has 7 nitrogen and oxygen atoms in total. The highest BCUT2D eigenvalue weighted by atomic mass is 79.9. The summed E-state index contributed by atoms with van der Waals surface area (Å²) in [5.74, 6) is 2.42. The van der Waals surface area contributed by atoms with Crippen molar-refractivity contribution in [1.29, 1.82) is 0 Å². The van der Waals surface area contributed by atoms with Gasteiger partial charge in [-0.25, -0.2) is 9.97 Å². The zero-order valence-corrected chi connectivity index (χ0v) is 21.3. The van der Waals surface area contributed by atoms with Gasteiger partial charge in [0, 0.05) is 16.8 Å². The van der Waals surface area contributed by atoms with Gasteiger partial charge in [-0.2, -0.15) is 0 Å². The largest absolute Gasteiger partial charge is 0.496 e. The van der Waals surface area contributed by atoms with Crippen LogP contribution in [0.15, 0.2) is 61.3 Å². The number of thioether (sulfide) groups is 1. The Morgan fingerprint density at radius 3 is 2.88 bits per heavy atom. The molecule has 0 spiro atoms. The SMILES string of the molecule is COc1ccc(Br)cc1-c1nc(CSc2nc3ccccc3c(=O)n2CC2CCCO2)c(C)o1. The molecule has 1 aliphatic heterocycles. The van der Waals surface area contributed by atoms with Crippen LogP contribution in [-0.4, -0.2) is 34.4 Å². The fourth-order valence-electron chi connectivity index (χ4n) is 4.07. The van der Waals surface area contributed by atoms with Crippen molar-refractivity contribution < 1.29 is 13.9 Å². The molecular formula is C25H24BrN3O4S. The fraction of sp³-hybridized carbons (Fsp3) is 0.320. The van der Waals surface area contributed by atoms with E-state index in [1.807, 2.05) is 49.4 Å². The molecule has 3 heterocycles. The maximum absolute atomic E-state index is 13.3. The number of nitrogens with zero attached hydrogens (tertiary/aromatic N) is 3. The molecule has 4 aromatic rings. The lowest BCUT2D eigenvalue weighted by Gasteiger charge is -2.16. The standard InChI is InChI=1S/C25H24BrN3O4S/c1-15-21(27-23(33-15)19-12-16(26)9-10-22(19)31-2)14-34-25-28-20-8-4-3-7-18(20)24(30)29(25)13-17-6-5-11-32-17/h3-4,7-10,12,17H,5-6,11,13-14H2,1-2H3. The summed E-state index contributed by atoms with van der Waals surface area (Å²) in [5, 5.41) is 1.27. The van der Waals surface area contributed by atoms with E-state index in [0.29, 0.717) is 40.0 Å². The van der Waals surface area contributed by atoms with Gasteiger partial charge < -0.3 is 13.9 Å². The van der Waals surface area contributed by atoms with Gasteiger partial charge >= 0.3 is 0 Å². The number of hydrogen-bond acceptors (Lipinski definition) is 7. The summed E-state index contributed by atoms with van der Waals surface area (Å²) in [5.41, 5.74) is 2.22. The smallest absolute Gasteiger partial charge is 0.262 e. The molecule has 0 N–H and O–H groups in total. The second-order valence-electron chi connectivity index (χ2n) is 8.12. The molecule has 34 heavy (non-hydrogen) atoms. The number of benzene rings is 2.